The Bertz CT molecular complexity index is 1240. The first-order chi connectivity index (χ1) is 18.8. The number of carbonyl (C=O) groups is 2. The van der Waals surface area contributed by atoms with Crippen LogP contribution >= 0.6 is 0 Å². The van der Waals surface area contributed by atoms with Gasteiger partial charge < -0.3 is 15.0 Å². The van der Waals surface area contributed by atoms with Crippen molar-refractivity contribution >= 4 is 17.6 Å². The summed E-state index contributed by atoms with van der Waals surface area (Å²) in [6, 6.07) is 4.00. The SMILES string of the molecule is COC(=O)c1cc(NC(=O)c2nc(C34CCC(CC3)CC4)[nH]c2CCC23CC4CC(CC(C4)C2)C3)ccc1F. The van der Waals surface area contributed by atoms with Crippen LogP contribution in [0.4, 0.5) is 10.1 Å². The van der Waals surface area contributed by atoms with Crippen LogP contribution in [-0.4, -0.2) is 29.0 Å². The summed E-state index contributed by atoms with van der Waals surface area (Å²) in [5, 5.41) is 2.90. The summed E-state index contributed by atoms with van der Waals surface area (Å²) in [4.78, 5) is 34.4. The van der Waals surface area contributed by atoms with E-state index in [0.717, 1.165) is 67.3 Å². The largest absolute Gasteiger partial charge is 0.465 e. The molecule has 6 bridgehead atoms. The summed E-state index contributed by atoms with van der Waals surface area (Å²) in [6.45, 7) is 0. The average molecular weight is 534 g/mol. The van der Waals surface area contributed by atoms with E-state index in [1.165, 1.54) is 83.1 Å². The van der Waals surface area contributed by atoms with E-state index in [-0.39, 0.29) is 16.9 Å². The predicted octanol–water partition coefficient (Wildman–Crippen LogP) is 6.96. The van der Waals surface area contributed by atoms with Gasteiger partial charge in [-0.25, -0.2) is 14.2 Å². The number of benzene rings is 1. The third-order valence-electron chi connectivity index (χ3n) is 11.3. The molecule has 7 saturated carbocycles. The summed E-state index contributed by atoms with van der Waals surface area (Å²) in [7, 11) is 1.21. The van der Waals surface area contributed by atoms with Gasteiger partial charge in [0.2, 0.25) is 0 Å². The van der Waals surface area contributed by atoms with Crippen molar-refractivity contribution in [2.75, 3.05) is 12.4 Å². The van der Waals surface area contributed by atoms with E-state index in [2.05, 4.69) is 10.3 Å². The highest BCUT2D eigenvalue weighted by Gasteiger charge is 2.50. The maximum Gasteiger partial charge on any atom is 0.340 e. The molecule has 7 heteroatoms. The van der Waals surface area contributed by atoms with E-state index < -0.39 is 11.8 Å². The van der Waals surface area contributed by atoms with Gasteiger partial charge in [0.15, 0.2) is 0 Å². The number of ether oxygens (including phenoxy) is 1. The second-order valence-corrected chi connectivity index (χ2v) is 13.7. The average Bonchev–Trinajstić information content (AvgIpc) is 3.38. The highest BCUT2D eigenvalue weighted by atomic mass is 19.1. The first kappa shape index (κ1) is 25.3. The Balaban J connectivity index is 1.17. The lowest BCUT2D eigenvalue weighted by atomic mass is 9.48. The molecule has 2 N–H and O–H groups in total. The minimum Gasteiger partial charge on any atom is -0.465 e. The number of hydrogen-bond donors (Lipinski definition) is 2. The number of rotatable bonds is 7. The van der Waals surface area contributed by atoms with E-state index in [9.17, 15) is 14.0 Å². The van der Waals surface area contributed by atoms with Crippen molar-refractivity contribution in [2.45, 2.75) is 95.3 Å². The van der Waals surface area contributed by atoms with Crippen LogP contribution in [0.25, 0.3) is 0 Å². The second-order valence-electron chi connectivity index (χ2n) is 13.7. The molecule has 2 aromatic rings. The number of aromatic amines is 1. The lowest BCUT2D eigenvalue weighted by Gasteiger charge is -2.57. The molecule has 0 aliphatic heterocycles. The molecule has 6 nitrogen and oxygen atoms in total. The van der Waals surface area contributed by atoms with Crippen LogP contribution < -0.4 is 5.32 Å². The second kappa shape index (κ2) is 9.45. The number of carbonyl (C=O) groups excluding carboxylic acids is 2. The monoisotopic (exact) mass is 533 g/mol. The zero-order chi connectivity index (χ0) is 26.8. The van der Waals surface area contributed by atoms with E-state index >= 15 is 0 Å². The molecule has 208 valence electrons. The molecule has 9 rings (SSSR count). The van der Waals surface area contributed by atoms with Crippen molar-refractivity contribution in [2.24, 2.45) is 29.1 Å². The number of esters is 1. The smallest absolute Gasteiger partial charge is 0.340 e. The van der Waals surface area contributed by atoms with Crippen LogP contribution in [0.3, 0.4) is 0 Å². The van der Waals surface area contributed by atoms with Gasteiger partial charge >= 0.3 is 5.97 Å². The fourth-order valence-electron chi connectivity index (χ4n) is 9.68. The molecule has 0 radical (unpaired) electrons. The predicted molar refractivity (Wildman–Crippen MR) is 146 cm³/mol. The van der Waals surface area contributed by atoms with Gasteiger partial charge in [0.05, 0.1) is 12.7 Å². The highest BCUT2D eigenvalue weighted by molar-refractivity contribution is 6.04. The Morgan fingerprint density at radius 1 is 1.03 bits per heavy atom. The molecular formula is C32H40FN3O3. The summed E-state index contributed by atoms with van der Waals surface area (Å²) < 4.78 is 18.9. The van der Waals surface area contributed by atoms with Crippen molar-refractivity contribution < 1.29 is 18.7 Å². The third-order valence-corrected chi connectivity index (χ3v) is 11.3. The molecular weight excluding hydrogens is 493 g/mol. The van der Waals surface area contributed by atoms with Gasteiger partial charge in [-0.15, -0.1) is 0 Å². The van der Waals surface area contributed by atoms with E-state index in [1.54, 1.807) is 0 Å². The van der Waals surface area contributed by atoms with Crippen LogP contribution in [0.5, 0.6) is 0 Å². The standard InChI is InChI=1S/C32H40FN3O3/c1-39-29(38)24-15-23(2-3-25(24)33)34-28(37)27-26(35-30(36-27)32-9-4-19(5-10-32)6-11-32)7-8-31-16-20-12-21(17-31)14-22(13-20)18-31/h2-3,15,19-22H,4-14,16-18H2,1H3,(H,34,37)(H,35,36). The number of aryl methyl sites for hydroxylation is 1. The molecule has 7 aliphatic carbocycles. The van der Waals surface area contributed by atoms with E-state index in [1.807, 2.05) is 0 Å². The third kappa shape index (κ3) is 4.50. The fourth-order valence-corrected chi connectivity index (χ4v) is 9.68. The van der Waals surface area contributed by atoms with E-state index in [4.69, 9.17) is 9.72 Å². The Morgan fingerprint density at radius 3 is 2.28 bits per heavy atom. The lowest BCUT2D eigenvalue weighted by Crippen LogP contribution is -2.46. The Kier molecular flexibility index (Phi) is 6.12. The lowest BCUT2D eigenvalue weighted by molar-refractivity contribution is -0.0570. The number of aromatic nitrogens is 2. The number of imidazole rings is 1. The van der Waals surface area contributed by atoms with Gasteiger partial charge in [-0.05, 0) is 137 Å². The van der Waals surface area contributed by atoms with Crippen molar-refractivity contribution in [1.29, 1.82) is 0 Å². The number of methoxy groups -OCH3 is 1. The van der Waals surface area contributed by atoms with Gasteiger partial charge in [0, 0.05) is 16.8 Å². The van der Waals surface area contributed by atoms with Crippen molar-refractivity contribution in [3.63, 3.8) is 0 Å². The van der Waals surface area contributed by atoms with Gasteiger partial charge in [-0.2, -0.15) is 0 Å². The van der Waals surface area contributed by atoms with Crippen LogP contribution in [0.2, 0.25) is 0 Å². The molecule has 1 heterocycles. The van der Waals surface area contributed by atoms with Gasteiger partial charge in [-0.3, -0.25) is 4.79 Å². The summed E-state index contributed by atoms with van der Waals surface area (Å²) in [5.41, 5.74) is 2.03. The molecule has 0 spiro atoms. The van der Waals surface area contributed by atoms with Gasteiger partial charge in [0.25, 0.3) is 5.91 Å². The number of halogens is 1. The summed E-state index contributed by atoms with van der Waals surface area (Å²) in [5.74, 6) is 2.78. The van der Waals surface area contributed by atoms with Crippen LogP contribution in [0.15, 0.2) is 18.2 Å². The minimum atomic E-state index is -0.770. The summed E-state index contributed by atoms with van der Waals surface area (Å²) >= 11 is 0. The van der Waals surface area contributed by atoms with Crippen LogP contribution in [-0.2, 0) is 16.6 Å². The molecule has 0 atom stereocenters. The molecule has 0 unspecified atom stereocenters. The number of amides is 1. The number of anilines is 1. The number of fused-ring (bicyclic) bond motifs is 3. The molecule has 39 heavy (non-hydrogen) atoms. The molecule has 1 aromatic heterocycles. The maximum absolute atomic E-state index is 14.2. The number of nitrogens with zero attached hydrogens (tertiary/aromatic N) is 1. The maximum atomic E-state index is 14.2. The van der Waals surface area contributed by atoms with Gasteiger partial charge in [-0.1, -0.05) is 0 Å². The van der Waals surface area contributed by atoms with Gasteiger partial charge in [0.1, 0.15) is 17.3 Å². The number of hydrogen-bond acceptors (Lipinski definition) is 4. The molecule has 7 aliphatic rings. The van der Waals surface area contributed by atoms with E-state index in [0.29, 0.717) is 16.8 Å². The number of nitrogens with one attached hydrogen (secondary N) is 2. The zero-order valence-corrected chi connectivity index (χ0v) is 23.0. The van der Waals surface area contributed by atoms with Crippen LogP contribution in [0.1, 0.15) is 116 Å². The number of H-pyrrole nitrogens is 1. The first-order valence-corrected chi connectivity index (χ1v) is 15.1. The normalized spacial score (nSPS) is 34.3. The molecule has 0 saturated heterocycles. The first-order valence-electron chi connectivity index (χ1n) is 15.1. The highest BCUT2D eigenvalue weighted by Crippen LogP contribution is 2.61. The Hall–Kier alpha value is -2.70. The Labute approximate surface area is 229 Å². The van der Waals surface area contributed by atoms with Crippen LogP contribution in [0, 0.1) is 34.9 Å². The van der Waals surface area contributed by atoms with Crippen molar-refractivity contribution in [3.8, 4) is 0 Å². The molecule has 7 fully saturated rings. The van der Waals surface area contributed by atoms with Crippen molar-refractivity contribution in [3.05, 3.63) is 46.8 Å². The topological polar surface area (TPSA) is 84.1 Å². The molecule has 1 amide bonds. The zero-order valence-electron chi connectivity index (χ0n) is 23.0. The Morgan fingerprint density at radius 2 is 1.67 bits per heavy atom. The molecule has 1 aromatic carbocycles. The summed E-state index contributed by atoms with van der Waals surface area (Å²) in [6.07, 6.45) is 17.4. The minimum absolute atomic E-state index is 0.0522. The van der Waals surface area contributed by atoms with Crippen molar-refractivity contribution in [1.82, 2.24) is 9.97 Å². The quantitative estimate of drug-likeness (QED) is 0.377. The fraction of sp³-hybridized carbons (Fsp3) is 0.656.